The van der Waals surface area contributed by atoms with Crippen LogP contribution < -0.4 is 0 Å². The number of aliphatic hydroxyl groups excluding tert-OH is 1. The van der Waals surface area contributed by atoms with Crippen LogP contribution in [-0.2, 0) is 6.54 Å². The van der Waals surface area contributed by atoms with Crippen LogP contribution in [0.25, 0.3) is 11.1 Å². The number of hydrogen-bond donors (Lipinski definition) is 1. The lowest BCUT2D eigenvalue weighted by molar-refractivity contribution is -0.0655. The molecule has 5 nitrogen and oxygen atoms in total. The molecule has 2 saturated heterocycles. The molecule has 1 N–H and O–H groups in total. The van der Waals surface area contributed by atoms with Crippen molar-refractivity contribution in [2.24, 2.45) is 0 Å². The molecule has 0 aliphatic carbocycles. The van der Waals surface area contributed by atoms with Gasteiger partial charge in [-0.15, -0.1) is 0 Å². The summed E-state index contributed by atoms with van der Waals surface area (Å²) in [5.74, 6) is 0.363. The highest BCUT2D eigenvalue weighted by Crippen LogP contribution is 2.42. The molecule has 5 rings (SSSR count). The minimum absolute atomic E-state index is 0.215. The number of rotatable bonds is 5. The summed E-state index contributed by atoms with van der Waals surface area (Å²) in [4.78, 5) is 13.4. The van der Waals surface area contributed by atoms with Crippen LogP contribution in [0, 0.1) is 0 Å². The summed E-state index contributed by atoms with van der Waals surface area (Å²) in [5, 5.41) is 10.2. The van der Waals surface area contributed by atoms with E-state index in [0.29, 0.717) is 12.0 Å². The first-order valence-corrected chi connectivity index (χ1v) is 11.3. The summed E-state index contributed by atoms with van der Waals surface area (Å²) in [6, 6.07) is 20.1. The number of aliphatic hydroxyl groups is 1. The van der Waals surface area contributed by atoms with Gasteiger partial charge in [-0.05, 0) is 42.6 Å². The van der Waals surface area contributed by atoms with Crippen LogP contribution in [0.4, 0.5) is 0 Å². The molecule has 2 fully saturated rings. The van der Waals surface area contributed by atoms with Gasteiger partial charge in [-0.2, -0.15) is 0 Å². The first-order valence-electron chi connectivity index (χ1n) is 11.3. The monoisotopic (exact) mass is 414 g/mol. The van der Waals surface area contributed by atoms with Gasteiger partial charge in [-0.25, -0.2) is 9.97 Å². The van der Waals surface area contributed by atoms with E-state index in [9.17, 15) is 5.11 Å². The fraction of sp³-hybridized carbons (Fsp3) is 0.385. The maximum atomic E-state index is 10.2. The van der Waals surface area contributed by atoms with E-state index in [1.165, 1.54) is 29.5 Å². The quantitative estimate of drug-likeness (QED) is 0.692. The van der Waals surface area contributed by atoms with Crippen LogP contribution in [-0.4, -0.2) is 63.2 Å². The van der Waals surface area contributed by atoms with Crippen molar-refractivity contribution in [3.63, 3.8) is 0 Å². The Morgan fingerprint density at radius 3 is 2.32 bits per heavy atom. The number of benzene rings is 2. The van der Waals surface area contributed by atoms with Crippen molar-refractivity contribution in [2.75, 3.05) is 26.2 Å². The average molecular weight is 415 g/mol. The van der Waals surface area contributed by atoms with Gasteiger partial charge in [0, 0.05) is 49.0 Å². The highest BCUT2D eigenvalue weighted by Gasteiger charge is 2.48. The van der Waals surface area contributed by atoms with Crippen LogP contribution in [0.15, 0.2) is 73.3 Å². The van der Waals surface area contributed by atoms with Gasteiger partial charge >= 0.3 is 0 Å². The Labute approximate surface area is 184 Å². The fourth-order valence-electron chi connectivity index (χ4n) is 5.35. The third-order valence-electron chi connectivity index (χ3n) is 6.88. The molecule has 0 unspecified atom stereocenters. The maximum absolute atomic E-state index is 10.2. The van der Waals surface area contributed by atoms with E-state index in [4.69, 9.17) is 0 Å². The molecule has 31 heavy (non-hydrogen) atoms. The molecule has 1 aromatic heterocycles. The summed E-state index contributed by atoms with van der Waals surface area (Å²) < 4.78 is 0. The second kappa shape index (κ2) is 9.27. The Morgan fingerprint density at radius 1 is 0.871 bits per heavy atom. The Balaban J connectivity index is 1.36. The third-order valence-corrected chi connectivity index (χ3v) is 6.88. The van der Waals surface area contributed by atoms with Gasteiger partial charge in [0.15, 0.2) is 0 Å². The Bertz CT molecular complexity index is 964. The first-order chi connectivity index (χ1) is 15.3. The predicted octanol–water partition coefficient (Wildman–Crippen LogP) is 3.57. The van der Waals surface area contributed by atoms with E-state index in [1.54, 1.807) is 6.33 Å². The van der Waals surface area contributed by atoms with E-state index >= 15 is 0 Å². The van der Waals surface area contributed by atoms with Crippen LogP contribution in [0.1, 0.15) is 29.9 Å². The summed E-state index contributed by atoms with van der Waals surface area (Å²) in [5.41, 5.74) is 4.98. The lowest BCUT2D eigenvalue weighted by Crippen LogP contribution is -2.67. The molecule has 0 spiro atoms. The van der Waals surface area contributed by atoms with Crippen LogP contribution in [0.5, 0.6) is 0 Å². The molecule has 0 amide bonds. The van der Waals surface area contributed by atoms with Crippen molar-refractivity contribution < 1.29 is 5.11 Å². The second-order valence-electron chi connectivity index (χ2n) is 8.76. The molecule has 160 valence electrons. The van der Waals surface area contributed by atoms with Gasteiger partial charge in [0.05, 0.1) is 6.61 Å². The number of aromatic nitrogens is 2. The molecular weight excluding hydrogens is 384 g/mol. The molecule has 2 aromatic carbocycles. The standard InChI is InChI=1S/C26H30N4O/c31-18-25-26(23-10-8-22(9-11-23)21-6-2-1-3-7-21)24-17-29(12-4-5-13-30(24)25)16-20-14-27-19-28-15-20/h1-3,6-11,14-15,19,24-26,31H,4-5,12-13,16-18H2/t24-,25-,26+/m1/s1. The maximum Gasteiger partial charge on any atom is 0.115 e. The van der Waals surface area contributed by atoms with Crippen molar-refractivity contribution in [1.29, 1.82) is 0 Å². The van der Waals surface area contributed by atoms with Crippen molar-refractivity contribution in [3.05, 3.63) is 84.4 Å². The van der Waals surface area contributed by atoms with Gasteiger partial charge < -0.3 is 5.11 Å². The zero-order valence-electron chi connectivity index (χ0n) is 17.8. The normalized spacial score (nSPS) is 24.6. The fourth-order valence-corrected chi connectivity index (χ4v) is 5.35. The first kappa shape index (κ1) is 20.3. The molecule has 5 heteroatoms. The van der Waals surface area contributed by atoms with Crippen molar-refractivity contribution in [3.8, 4) is 11.1 Å². The topological polar surface area (TPSA) is 52.5 Å². The molecule has 2 aliphatic rings. The van der Waals surface area contributed by atoms with Gasteiger partial charge in [0.2, 0.25) is 0 Å². The average Bonchev–Trinajstić information content (AvgIpc) is 2.81. The number of hydrogen-bond acceptors (Lipinski definition) is 5. The minimum atomic E-state index is 0.215. The van der Waals surface area contributed by atoms with Crippen LogP contribution in [0.3, 0.4) is 0 Å². The summed E-state index contributed by atoms with van der Waals surface area (Å²) >= 11 is 0. The van der Waals surface area contributed by atoms with Gasteiger partial charge in [-0.1, -0.05) is 54.6 Å². The van der Waals surface area contributed by atoms with E-state index < -0.39 is 0 Å². The summed E-state index contributed by atoms with van der Waals surface area (Å²) in [6.45, 7) is 4.29. The molecule has 0 bridgehead atoms. The SMILES string of the molecule is OC[C@@H]1[C@@H](c2ccc(-c3ccccc3)cc2)[C@H]2CN(Cc3cncnc3)CCCCN12. The Morgan fingerprint density at radius 2 is 1.58 bits per heavy atom. The zero-order chi connectivity index (χ0) is 21.0. The largest absolute Gasteiger partial charge is 0.395 e. The summed E-state index contributed by atoms with van der Waals surface area (Å²) in [6.07, 6.45) is 7.78. The summed E-state index contributed by atoms with van der Waals surface area (Å²) in [7, 11) is 0. The number of nitrogens with zero attached hydrogens (tertiary/aromatic N) is 4. The van der Waals surface area contributed by atoms with E-state index in [1.807, 2.05) is 12.4 Å². The van der Waals surface area contributed by atoms with Gasteiger partial charge in [0.25, 0.3) is 0 Å². The van der Waals surface area contributed by atoms with E-state index in [2.05, 4.69) is 74.4 Å². The van der Waals surface area contributed by atoms with Gasteiger partial charge in [0.1, 0.15) is 6.33 Å². The molecular formula is C26H30N4O. The van der Waals surface area contributed by atoms with Crippen molar-refractivity contribution >= 4 is 0 Å². The lowest BCUT2D eigenvalue weighted by atomic mass is 9.74. The van der Waals surface area contributed by atoms with E-state index in [-0.39, 0.29) is 12.6 Å². The zero-order valence-corrected chi connectivity index (χ0v) is 17.8. The van der Waals surface area contributed by atoms with E-state index in [0.717, 1.165) is 31.7 Å². The molecule has 3 aromatic rings. The van der Waals surface area contributed by atoms with Crippen LogP contribution in [0.2, 0.25) is 0 Å². The molecule has 3 heterocycles. The highest BCUT2D eigenvalue weighted by molar-refractivity contribution is 5.63. The lowest BCUT2D eigenvalue weighted by Gasteiger charge is -2.57. The molecule has 0 saturated carbocycles. The van der Waals surface area contributed by atoms with Crippen molar-refractivity contribution in [1.82, 2.24) is 19.8 Å². The Hall–Kier alpha value is -2.60. The second-order valence-corrected chi connectivity index (χ2v) is 8.76. The molecule has 2 aliphatic heterocycles. The highest BCUT2D eigenvalue weighted by atomic mass is 16.3. The smallest absolute Gasteiger partial charge is 0.115 e. The molecule has 0 radical (unpaired) electrons. The predicted molar refractivity (Wildman–Crippen MR) is 123 cm³/mol. The van der Waals surface area contributed by atoms with Crippen molar-refractivity contribution in [2.45, 2.75) is 37.4 Å². The van der Waals surface area contributed by atoms with Gasteiger partial charge in [-0.3, -0.25) is 9.80 Å². The Kier molecular flexibility index (Phi) is 6.07. The minimum Gasteiger partial charge on any atom is -0.395 e. The third kappa shape index (κ3) is 4.26. The van der Waals surface area contributed by atoms with Crippen LogP contribution >= 0.6 is 0 Å². The molecule has 3 atom stereocenters. The number of fused-ring (bicyclic) bond motifs is 1.